The summed E-state index contributed by atoms with van der Waals surface area (Å²) in [6, 6.07) is 4.17. The van der Waals surface area contributed by atoms with E-state index in [0.29, 0.717) is 12.1 Å². The molecule has 1 amide bonds. The smallest absolute Gasteiger partial charge is 0.245 e. The van der Waals surface area contributed by atoms with Gasteiger partial charge in [-0.2, -0.15) is 5.10 Å². The maximum atomic E-state index is 14.0. The van der Waals surface area contributed by atoms with E-state index < -0.39 is 0 Å². The fourth-order valence-electron chi connectivity index (χ4n) is 7.51. The molecule has 2 aromatic rings. The van der Waals surface area contributed by atoms with Gasteiger partial charge in [-0.3, -0.25) is 19.1 Å². The Kier molecular flexibility index (Phi) is 7.25. The molecule has 2 bridgehead atoms. The molecule has 1 aromatic carbocycles. The van der Waals surface area contributed by atoms with E-state index in [-0.39, 0.29) is 41.5 Å². The average molecular weight is 534 g/mol. The number of benzene rings is 1. The van der Waals surface area contributed by atoms with Gasteiger partial charge in [0.25, 0.3) is 0 Å². The molecule has 0 spiro atoms. The molecule has 4 heterocycles. The van der Waals surface area contributed by atoms with Crippen molar-refractivity contribution in [2.24, 2.45) is 5.41 Å². The molecule has 3 atom stereocenters. The van der Waals surface area contributed by atoms with Gasteiger partial charge in [-0.1, -0.05) is 26.2 Å². The van der Waals surface area contributed by atoms with Crippen LogP contribution in [0.4, 0.5) is 5.69 Å². The van der Waals surface area contributed by atoms with E-state index in [2.05, 4.69) is 22.3 Å². The number of anilines is 1. The van der Waals surface area contributed by atoms with Crippen molar-refractivity contribution in [2.45, 2.75) is 103 Å². The molecule has 0 radical (unpaired) electrons. The first-order valence-electron chi connectivity index (χ1n) is 15.3. The van der Waals surface area contributed by atoms with E-state index in [9.17, 15) is 14.4 Å². The first-order chi connectivity index (χ1) is 18.9. The second-order valence-corrected chi connectivity index (χ2v) is 12.4. The molecular formula is C31H43N5O3. The Bertz CT molecular complexity index is 1280. The quantitative estimate of drug-likeness (QED) is 0.591. The predicted molar refractivity (Wildman–Crippen MR) is 152 cm³/mol. The third-order valence-electron chi connectivity index (χ3n) is 9.70. The van der Waals surface area contributed by atoms with E-state index >= 15 is 0 Å². The van der Waals surface area contributed by atoms with Crippen LogP contribution < -0.4 is 10.2 Å². The van der Waals surface area contributed by atoms with Gasteiger partial charge in [0.15, 0.2) is 11.6 Å². The number of aromatic nitrogens is 2. The third kappa shape index (κ3) is 4.90. The molecule has 210 valence electrons. The first-order valence-corrected chi connectivity index (χ1v) is 15.3. The number of Topliss-reactive ketones (excluding diaryl/α,β-unsaturated/α-hetero) is 2. The van der Waals surface area contributed by atoms with Crippen LogP contribution in [0.25, 0.3) is 10.9 Å². The number of ketones is 2. The summed E-state index contributed by atoms with van der Waals surface area (Å²) in [6.07, 6.45) is 11.2. The summed E-state index contributed by atoms with van der Waals surface area (Å²) < 4.78 is 1.78. The molecule has 1 aliphatic carbocycles. The van der Waals surface area contributed by atoms with E-state index in [1.165, 1.54) is 37.7 Å². The van der Waals surface area contributed by atoms with Gasteiger partial charge < -0.3 is 15.1 Å². The fourth-order valence-corrected chi connectivity index (χ4v) is 7.51. The van der Waals surface area contributed by atoms with E-state index in [0.717, 1.165) is 74.9 Å². The van der Waals surface area contributed by atoms with Crippen LogP contribution in [0.5, 0.6) is 0 Å². The molecule has 1 aromatic heterocycles. The molecule has 8 heteroatoms. The highest BCUT2D eigenvalue weighted by molar-refractivity contribution is 6.07. The molecule has 1 N–H and O–H groups in total. The summed E-state index contributed by atoms with van der Waals surface area (Å²) >= 11 is 0. The standard InChI is InChI=1S/C31H43N5O3/c1-3-26(38)25-17-31-18-27(31)36(25)28(39)19-35-30-22(11-7-5-4-6-8-12-32-20-31)15-23(34-13-9-10-14-34)16-24(30)29(33-35)21(2)37/h15-16,25,27,32H,3-14,17-20H2,1-2H3/t25-,27+,31-/m0/s1. The Morgan fingerprint density at radius 2 is 1.82 bits per heavy atom. The van der Waals surface area contributed by atoms with Crippen molar-refractivity contribution in [3.05, 3.63) is 23.4 Å². The second kappa shape index (κ2) is 10.7. The van der Waals surface area contributed by atoms with E-state index in [1.807, 2.05) is 11.8 Å². The highest BCUT2D eigenvalue weighted by Gasteiger charge is 2.66. The highest BCUT2D eigenvalue weighted by Crippen LogP contribution is 2.59. The van der Waals surface area contributed by atoms with Gasteiger partial charge in [0.2, 0.25) is 5.91 Å². The summed E-state index contributed by atoms with van der Waals surface area (Å²) in [4.78, 5) is 44.1. The number of nitrogens with one attached hydrogen (secondary N) is 1. The maximum absolute atomic E-state index is 14.0. The van der Waals surface area contributed by atoms with Crippen LogP contribution in [0, 0.1) is 5.41 Å². The van der Waals surface area contributed by atoms with E-state index in [4.69, 9.17) is 5.10 Å². The molecule has 3 aliphatic heterocycles. The van der Waals surface area contributed by atoms with Crippen LogP contribution in [0.15, 0.2) is 12.1 Å². The summed E-state index contributed by atoms with van der Waals surface area (Å²) in [5.41, 5.74) is 3.73. The monoisotopic (exact) mass is 533 g/mol. The van der Waals surface area contributed by atoms with Crippen molar-refractivity contribution in [3.63, 3.8) is 0 Å². The van der Waals surface area contributed by atoms with Crippen molar-refractivity contribution < 1.29 is 14.4 Å². The minimum atomic E-state index is -0.350. The normalized spacial score (nSPS) is 28.0. The van der Waals surface area contributed by atoms with Gasteiger partial charge in [-0.15, -0.1) is 0 Å². The Morgan fingerprint density at radius 3 is 2.59 bits per heavy atom. The van der Waals surface area contributed by atoms with Gasteiger partial charge in [-0.05, 0) is 69.2 Å². The zero-order valence-corrected chi connectivity index (χ0v) is 23.6. The number of rotatable bonds is 4. The minimum absolute atomic E-state index is 0.0195. The summed E-state index contributed by atoms with van der Waals surface area (Å²) in [6.45, 7) is 7.46. The van der Waals surface area contributed by atoms with Gasteiger partial charge >= 0.3 is 0 Å². The molecule has 0 unspecified atom stereocenters. The number of piperidine rings is 1. The lowest BCUT2D eigenvalue weighted by Gasteiger charge is -2.26. The Morgan fingerprint density at radius 1 is 1.05 bits per heavy atom. The number of nitrogens with zero attached hydrogens (tertiary/aromatic N) is 4. The molecule has 2 saturated heterocycles. The van der Waals surface area contributed by atoms with E-state index in [1.54, 1.807) is 11.6 Å². The largest absolute Gasteiger partial charge is 0.372 e. The number of hydrogen-bond donors (Lipinski definition) is 1. The SMILES string of the molecule is CCC(=O)[C@@H]1C[C@]23CNCCCCCCCc4cc(N5CCCC5)cc5c(C(C)=O)nn(c45)CC(=O)N1[C@@H]2C3. The van der Waals surface area contributed by atoms with Crippen molar-refractivity contribution in [3.8, 4) is 0 Å². The molecule has 8 nitrogen and oxygen atoms in total. The Labute approximate surface area is 231 Å². The van der Waals surface area contributed by atoms with Crippen LogP contribution in [0.1, 0.15) is 94.1 Å². The summed E-state index contributed by atoms with van der Waals surface area (Å²) in [5.74, 6) is 0.0185. The first kappa shape index (κ1) is 26.5. The summed E-state index contributed by atoms with van der Waals surface area (Å²) in [7, 11) is 0. The fraction of sp³-hybridized carbons (Fsp3) is 0.677. The topological polar surface area (TPSA) is 87.5 Å². The van der Waals surface area contributed by atoms with Gasteiger partial charge in [-0.25, -0.2) is 0 Å². The summed E-state index contributed by atoms with van der Waals surface area (Å²) in [5, 5.41) is 9.28. The van der Waals surface area contributed by atoms with Crippen molar-refractivity contribution >= 4 is 34.1 Å². The molecule has 1 saturated carbocycles. The van der Waals surface area contributed by atoms with Crippen LogP contribution in [-0.2, 0) is 22.6 Å². The van der Waals surface area contributed by atoms with Crippen LogP contribution in [-0.4, -0.2) is 70.4 Å². The highest BCUT2D eigenvalue weighted by atomic mass is 16.2. The lowest BCUT2D eigenvalue weighted by atomic mass is 9.96. The average Bonchev–Trinajstić information content (AvgIpc) is 3.31. The zero-order valence-electron chi connectivity index (χ0n) is 23.6. The van der Waals surface area contributed by atoms with Crippen molar-refractivity contribution in [1.29, 1.82) is 0 Å². The Hall–Kier alpha value is -2.74. The maximum Gasteiger partial charge on any atom is 0.245 e. The molecule has 39 heavy (non-hydrogen) atoms. The lowest BCUT2D eigenvalue weighted by Crippen LogP contribution is -2.44. The number of aryl methyl sites for hydroxylation is 1. The number of amides is 1. The van der Waals surface area contributed by atoms with Gasteiger partial charge in [0.05, 0.1) is 11.6 Å². The zero-order chi connectivity index (χ0) is 27.1. The lowest BCUT2D eigenvalue weighted by molar-refractivity contribution is -0.139. The second-order valence-electron chi connectivity index (χ2n) is 12.4. The predicted octanol–water partition coefficient (Wildman–Crippen LogP) is 4.27. The third-order valence-corrected chi connectivity index (χ3v) is 9.70. The van der Waals surface area contributed by atoms with Gasteiger partial charge in [0, 0.05) is 55.5 Å². The van der Waals surface area contributed by atoms with Crippen molar-refractivity contribution in [1.82, 2.24) is 20.0 Å². The van der Waals surface area contributed by atoms with Crippen LogP contribution in [0.2, 0.25) is 0 Å². The van der Waals surface area contributed by atoms with Crippen LogP contribution in [0.3, 0.4) is 0 Å². The molecule has 3 fully saturated rings. The van der Waals surface area contributed by atoms with Gasteiger partial charge in [0.1, 0.15) is 12.2 Å². The number of carbonyl (C=O) groups is 3. The molecule has 6 rings (SSSR count). The number of hydrogen-bond acceptors (Lipinski definition) is 6. The molecular weight excluding hydrogens is 490 g/mol. The van der Waals surface area contributed by atoms with Crippen LogP contribution >= 0.6 is 0 Å². The minimum Gasteiger partial charge on any atom is -0.372 e. The Balaban J connectivity index is 1.41. The van der Waals surface area contributed by atoms with Crippen molar-refractivity contribution in [2.75, 3.05) is 31.1 Å². The molecule has 4 aliphatic rings. The number of carbonyl (C=O) groups excluding carboxylic acids is 3.